The van der Waals surface area contributed by atoms with Crippen LogP contribution in [-0.2, 0) is 25.7 Å². The molecule has 0 saturated carbocycles. The Morgan fingerprint density at radius 3 is 1.27 bits per heavy atom. The lowest BCUT2D eigenvalue weighted by atomic mass is 10.0. The van der Waals surface area contributed by atoms with E-state index in [-0.39, 0.29) is 0 Å². The molecule has 0 bridgehead atoms. The number of ether oxygens (including phenoxy) is 2. The van der Waals surface area contributed by atoms with Gasteiger partial charge in [-0.2, -0.15) is 0 Å². The minimum Gasteiger partial charge on any atom is -0.496 e. The van der Waals surface area contributed by atoms with Gasteiger partial charge in [-0.3, -0.25) is 0 Å². The summed E-state index contributed by atoms with van der Waals surface area (Å²) in [5.41, 5.74) is 8.59. The number of thiophene rings is 4. The first-order valence-electron chi connectivity index (χ1n) is 29.8. The second-order valence-electron chi connectivity index (χ2n) is 21.1. The molecule has 73 heavy (non-hydrogen) atoms. The van der Waals surface area contributed by atoms with Crippen molar-refractivity contribution in [2.75, 3.05) is 13.7 Å². The van der Waals surface area contributed by atoms with E-state index in [0.29, 0.717) is 5.92 Å². The van der Waals surface area contributed by atoms with E-state index in [1.54, 1.807) is 44.0 Å². The van der Waals surface area contributed by atoms with Gasteiger partial charge in [0, 0.05) is 44.6 Å². The summed E-state index contributed by atoms with van der Waals surface area (Å²) in [7, 11) is 1.71. The fourth-order valence-electron chi connectivity index (χ4n) is 9.80. The van der Waals surface area contributed by atoms with Crippen molar-refractivity contribution in [3.63, 3.8) is 0 Å². The van der Waals surface area contributed by atoms with Crippen molar-refractivity contribution in [2.45, 2.75) is 263 Å². The second-order valence-corrected chi connectivity index (χ2v) is 26.1. The van der Waals surface area contributed by atoms with Gasteiger partial charge >= 0.3 is 0 Å². The zero-order chi connectivity index (χ0) is 53.2. The minimum absolute atomic E-state index is 0.644. The summed E-state index contributed by atoms with van der Waals surface area (Å²) >= 11 is 8.05. The molecular formula is C67H106O2S4. The third-order valence-electron chi connectivity index (χ3n) is 14.4. The van der Waals surface area contributed by atoms with Gasteiger partial charge < -0.3 is 9.47 Å². The molecular weight excluding hydrogens is 965 g/mol. The van der Waals surface area contributed by atoms with Gasteiger partial charge in [0.1, 0.15) is 11.5 Å². The van der Waals surface area contributed by atoms with Crippen LogP contribution in [0.25, 0.3) is 25.6 Å². The van der Waals surface area contributed by atoms with Gasteiger partial charge in [0.2, 0.25) is 0 Å². The molecule has 0 saturated heterocycles. The average Bonchev–Trinajstić information content (AvgIpc) is 4.16. The number of hydrogen-bond donors (Lipinski definition) is 0. The molecule has 0 N–H and O–H groups in total. The van der Waals surface area contributed by atoms with Crippen molar-refractivity contribution in [3.8, 4) is 31.0 Å². The van der Waals surface area contributed by atoms with Gasteiger partial charge in [-0.1, -0.05) is 176 Å². The maximum Gasteiger partial charge on any atom is 0.127 e. The normalized spacial score (nSPS) is 11.7. The Balaban J connectivity index is 0.000000292. The summed E-state index contributed by atoms with van der Waals surface area (Å²) in [5.74, 6) is 2.51. The number of unbranched alkanes of at least 4 members (excludes halogenated alkanes) is 17. The molecule has 5 rings (SSSR count). The molecule has 1 aromatic carbocycles. The molecule has 0 aliphatic rings. The van der Waals surface area contributed by atoms with Crippen LogP contribution >= 0.6 is 45.3 Å². The van der Waals surface area contributed by atoms with Crippen molar-refractivity contribution in [1.29, 1.82) is 0 Å². The van der Waals surface area contributed by atoms with E-state index >= 15 is 0 Å². The molecule has 6 heteroatoms. The van der Waals surface area contributed by atoms with E-state index in [1.165, 1.54) is 204 Å². The smallest absolute Gasteiger partial charge is 0.127 e. The Kier molecular flexibility index (Phi) is 34.4. The number of aryl methyl sites for hydroxylation is 9. The Morgan fingerprint density at radius 2 is 0.863 bits per heavy atom. The van der Waals surface area contributed by atoms with Crippen LogP contribution < -0.4 is 9.47 Å². The van der Waals surface area contributed by atoms with Crippen LogP contribution in [0.15, 0.2) is 42.5 Å². The van der Waals surface area contributed by atoms with Crippen LogP contribution in [0.4, 0.5) is 0 Å². The topological polar surface area (TPSA) is 18.5 Å². The van der Waals surface area contributed by atoms with E-state index in [1.807, 2.05) is 58.3 Å². The van der Waals surface area contributed by atoms with Crippen molar-refractivity contribution in [3.05, 3.63) is 95.4 Å². The predicted molar refractivity (Wildman–Crippen MR) is 335 cm³/mol. The van der Waals surface area contributed by atoms with Crippen LogP contribution in [0.5, 0.6) is 11.5 Å². The zero-order valence-electron chi connectivity index (χ0n) is 49.2. The van der Waals surface area contributed by atoms with Crippen molar-refractivity contribution >= 4 is 51.4 Å². The molecule has 4 heterocycles. The minimum atomic E-state index is 0.644. The van der Waals surface area contributed by atoms with Crippen LogP contribution in [0.3, 0.4) is 0 Å². The fourth-order valence-corrected chi connectivity index (χ4v) is 14.3. The first kappa shape index (κ1) is 64.6. The van der Waals surface area contributed by atoms with E-state index in [2.05, 4.69) is 119 Å². The predicted octanol–water partition coefficient (Wildman–Crippen LogP) is 23.9. The molecule has 0 radical (unpaired) electrons. The second kappa shape index (κ2) is 38.8. The summed E-state index contributed by atoms with van der Waals surface area (Å²) in [6.07, 6.45) is 41.6. The summed E-state index contributed by atoms with van der Waals surface area (Å²) in [5, 5.41) is 0. The lowest BCUT2D eigenvalue weighted by molar-refractivity contribution is 0.232. The third-order valence-corrected chi connectivity index (χ3v) is 19.2. The van der Waals surface area contributed by atoms with Crippen LogP contribution in [0.2, 0.25) is 0 Å². The summed E-state index contributed by atoms with van der Waals surface area (Å²) in [4.78, 5) is 12.2. The van der Waals surface area contributed by atoms with Crippen molar-refractivity contribution in [2.24, 2.45) is 5.92 Å². The first-order valence-corrected chi connectivity index (χ1v) is 33.0. The Labute approximate surface area is 466 Å². The Bertz CT molecular complexity index is 2210. The number of hydrogen-bond acceptors (Lipinski definition) is 6. The lowest BCUT2D eigenvalue weighted by Gasteiger charge is -2.18. The first-order chi connectivity index (χ1) is 35.5. The number of rotatable bonds is 35. The molecule has 0 spiro atoms. The number of methoxy groups -OCH3 is 1. The third kappa shape index (κ3) is 24.5. The molecule has 1 unspecified atom stereocenters. The quantitative estimate of drug-likeness (QED) is 0.0377. The number of benzene rings is 1. The van der Waals surface area contributed by atoms with Crippen LogP contribution in [-0.4, -0.2) is 13.7 Å². The molecule has 2 nitrogen and oxygen atoms in total. The molecule has 0 amide bonds. The molecule has 5 aromatic rings. The highest BCUT2D eigenvalue weighted by Gasteiger charge is 2.16. The standard InChI is InChI=1S/C26H42S2.C22H34S2.C19H30O2/c1-5-7-9-11-13-15-17-23-20-25(28-22(23)4)26-24(19-21(3)27-26)18-16-14-12-10-8-6-2;1-5-7-9-11-13-19-16-21(24-18(19)4)22-20(15-17(3)23-22)14-12-10-8-6-2;1-6-9-11-16(8-3)14-21-19-12-15(4)18(20-5)13-17(19)10-7-2/h19-20H,5-18H2,1-4H3;15-16H,5-14H2,1-4H3;7,10,12-13,16H,6,8-9,11,14H2,1-5H3/b;;10-7+. The highest BCUT2D eigenvalue weighted by molar-refractivity contribution is 7.23. The summed E-state index contributed by atoms with van der Waals surface area (Å²) in [6, 6.07) is 14.0. The largest absolute Gasteiger partial charge is 0.496 e. The fraction of sp³-hybridized carbons (Fsp3) is 0.642. The highest BCUT2D eigenvalue weighted by atomic mass is 32.1. The van der Waals surface area contributed by atoms with Gasteiger partial charge in [-0.05, 0) is 169 Å². The zero-order valence-corrected chi connectivity index (χ0v) is 52.4. The number of allylic oxidation sites excluding steroid dienone is 1. The van der Waals surface area contributed by atoms with E-state index in [4.69, 9.17) is 9.47 Å². The average molecular weight is 1070 g/mol. The molecule has 0 aliphatic heterocycles. The van der Waals surface area contributed by atoms with E-state index in [0.717, 1.165) is 29.2 Å². The van der Waals surface area contributed by atoms with Crippen LogP contribution in [0.1, 0.15) is 255 Å². The Morgan fingerprint density at radius 1 is 0.452 bits per heavy atom. The summed E-state index contributed by atoms with van der Waals surface area (Å²) < 4.78 is 11.5. The van der Waals surface area contributed by atoms with Gasteiger partial charge in [-0.15, -0.1) is 45.3 Å². The molecule has 4 aromatic heterocycles. The maximum atomic E-state index is 6.11. The molecule has 0 fully saturated rings. The molecule has 0 aliphatic carbocycles. The lowest BCUT2D eigenvalue weighted by Crippen LogP contribution is -2.12. The Hall–Kier alpha value is -2.64. The van der Waals surface area contributed by atoms with Crippen LogP contribution in [0, 0.1) is 40.5 Å². The SMILES string of the molecule is C/C=C/c1cc(OC)c(C)cc1OCC(CC)CCCC.CCCCCCCCc1cc(-c2sc(C)cc2CCCCCCCC)sc1C.CCCCCCc1cc(-c2sc(C)cc2CCCCCC)sc1C. The monoisotopic (exact) mass is 1070 g/mol. The molecule has 1 atom stereocenters. The van der Waals surface area contributed by atoms with E-state index in [9.17, 15) is 0 Å². The summed E-state index contributed by atoms with van der Waals surface area (Å²) in [6.45, 7) is 27.7. The van der Waals surface area contributed by atoms with Gasteiger partial charge in [0.25, 0.3) is 0 Å². The molecule has 410 valence electrons. The highest BCUT2D eigenvalue weighted by Crippen LogP contribution is 2.41. The van der Waals surface area contributed by atoms with Crippen molar-refractivity contribution < 1.29 is 9.47 Å². The van der Waals surface area contributed by atoms with Gasteiger partial charge in [0.15, 0.2) is 0 Å². The maximum absolute atomic E-state index is 6.11. The van der Waals surface area contributed by atoms with Crippen molar-refractivity contribution in [1.82, 2.24) is 0 Å². The van der Waals surface area contributed by atoms with Gasteiger partial charge in [-0.25, -0.2) is 0 Å². The van der Waals surface area contributed by atoms with Gasteiger partial charge in [0.05, 0.1) is 13.7 Å². The van der Waals surface area contributed by atoms with E-state index < -0.39 is 0 Å².